The van der Waals surface area contributed by atoms with Gasteiger partial charge in [-0.25, -0.2) is 14.6 Å². The van der Waals surface area contributed by atoms with Crippen molar-refractivity contribution in [1.82, 2.24) is 25.1 Å². The van der Waals surface area contributed by atoms with E-state index in [1.54, 1.807) is 12.4 Å². The molecule has 0 aromatic carbocycles. The fraction of sp³-hybridized carbons (Fsp3) is 0.417. The molecule has 0 bridgehead atoms. The van der Waals surface area contributed by atoms with Crippen molar-refractivity contribution in [3.8, 4) is 5.95 Å². The van der Waals surface area contributed by atoms with Crippen molar-refractivity contribution in [3.63, 3.8) is 0 Å². The van der Waals surface area contributed by atoms with E-state index >= 15 is 0 Å². The molecule has 2 rings (SSSR count). The predicted molar refractivity (Wildman–Crippen MR) is 66.1 cm³/mol. The van der Waals surface area contributed by atoms with Gasteiger partial charge >= 0.3 is 6.18 Å². The maximum atomic E-state index is 12.4. The summed E-state index contributed by atoms with van der Waals surface area (Å²) >= 11 is 0. The highest BCUT2D eigenvalue weighted by atomic mass is 19.4. The van der Waals surface area contributed by atoms with Gasteiger partial charge in [0.2, 0.25) is 5.95 Å². The zero-order valence-corrected chi connectivity index (χ0v) is 11.0. The highest BCUT2D eigenvalue weighted by molar-refractivity contribution is 5.16. The van der Waals surface area contributed by atoms with E-state index in [4.69, 9.17) is 0 Å². The van der Waals surface area contributed by atoms with Gasteiger partial charge in [-0.15, -0.1) is 0 Å². The molecule has 20 heavy (non-hydrogen) atoms. The molecule has 0 radical (unpaired) electrons. The first-order valence-electron chi connectivity index (χ1n) is 6.04. The molecule has 1 N–H and O–H groups in total. The van der Waals surface area contributed by atoms with Gasteiger partial charge in [0.05, 0.1) is 0 Å². The molecule has 2 heterocycles. The molecule has 0 aliphatic heterocycles. The van der Waals surface area contributed by atoms with Gasteiger partial charge in [0.1, 0.15) is 0 Å². The summed E-state index contributed by atoms with van der Waals surface area (Å²) in [5.74, 6) is 0.105. The molecule has 0 amide bonds. The van der Waals surface area contributed by atoms with Gasteiger partial charge in [-0.2, -0.15) is 18.3 Å². The molecule has 8 heteroatoms. The smallest absolute Gasteiger partial charge is 0.310 e. The van der Waals surface area contributed by atoms with E-state index in [2.05, 4.69) is 20.4 Å². The molecular weight excluding hydrogens is 271 g/mol. The molecule has 0 saturated carbocycles. The number of alkyl halides is 3. The van der Waals surface area contributed by atoms with Crippen LogP contribution < -0.4 is 5.32 Å². The van der Waals surface area contributed by atoms with Gasteiger partial charge in [0.25, 0.3) is 0 Å². The van der Waals surface area contributed by atoms with Gasteiger partial charge in [-0.1, -0.05) is 13.8 Å². The third kappa shape index (κ3) is 3.53. The van der Waals surface area contributed by atoms with Crippen molar-refractivity contribution in [2.75, 3.05) is 0 Å². The topological polar surface area (TPSA) is 55.6 Å². The summed E-state index contributed by atoms with van der Waals surface area (Å²) in [5, 5.41) is 6.60. The van der Waals surface area contributed by atoms with Gasteiger partial charge in [-0.3, -0.25) is 0 Å². The van der Waals surface area contributed by atoms with Crippen LogP contribution in [0.2, 0.25) is 0 Å². The van der Waals surface area contributed by atoms with Crippen molar-refractivity contribution in [3.05, 3.63) is 35.9 Å². The minimum absolute atomic E-state index is 0.105. The largest absolute Gasteiger partial charge is 0.435 e. The van der Waals surface area contributed by atoms with Gasteiger partial charge in [-0.05, 0) is 6.07 Å². The van der Waals surface area contributed by atoms with Crippen LogP contribution in [-0.4, -0.2) is 25.8 Å². The van der Waals surface area contributed by atoms with Crippen molar-refractivity contribution < 1.29 is 13.2 Å². The summed E-state index contributed by atoms with van der Waals surface area (Å²) in [6, 6.07) is 1.22. The second-order valence-corrected chi connectivity index (χ2v) is 4.57. The maximum Gasteiger partial charge on any atom is 0.435 e. The van der Waals surface area contributed by atoms with Crippen LogP contribution in [0.5, 0.6) is 0 Å². The summed E-state index contributed by atoms with van der Waals surface area (Å²) in [7, 11) is 0. The number of rotatable bonds is 4. The first-order chi connectivity index (χ1) is 9.36. The number of aromatic nitrogens is 4. The van der Waals surface area contributed by atoms with Gasteiger partial charge in [0, 0.05) is 36.7 Å². The molecule has 0 aliphatic carbocycles. The van der Waals surface area contributed by atoms with Crippen LogP contribution in [-0.2, 0) is 12.7 Å². The predicted octanol–water partition coefficient (Wildman–Crippen LogP) is 2.18. The molecule has 0 spiro atoms. The first kappa shape index (κ1) is 14.4. The summed E-state index contributed by atoms with van der Waals surface area (Å²) in [6.45, 7) is 4.63. The van der Waals surface area contributed by atoms with Crippen LogP contribution in [0, 0.1) is 0 Å². The molecule has 0 atom stereocenters. The lowest BCUT2D eigenvalue weighted by Gasteiger charge is -2.07. The lowest BCUT2D eigenvalue weighted by Crippen LogP contribution is -2.22. The first-order valence-corrected chi connectivity index (χ1v) is 6.04. The number of hydrogen-bond acceptors (Lipinski definition) is 4. The normalized spacial score (nSPS) is 12.1. The Kier molecular flexibility index (Phi) is 4.03. The van der Waals surface area contributed by atoms with Crippen LogP contribution in [0.4, 0.5) is 13.2 Å². The Hall–Kier alpha value is -1.96. The zero-order valence-electron chi connectivity index (χ0n) is 11.0. The third-order valence-electron chi connectivity index (χ3n) is 2.49. The summed E-state index contributed by atoms with van der Waals surface area (Å²) in [6.07, 6.45) is -0.157. The van der Waals surface area contributed by atoms with E-state index in [1.807, 2.05) is 13.8 Å². The zero-order chi connectivity index (χ0) is 14.8. The fourth-order valence-corrected chi connectivity index (χ4v) is 1.47. The van der Waals surface area contributed by atoms with E-state index in [9.17, 15) is 13.2 Å². The monoisotopic (exact) mass is 285 g/mol. The molecule has 0 aliphatic rings. The van der Waals surface area contributed by atoms with Crippen LogP contribution in [0.15, 0.2) is 24.7 Å². The van der Waals surface area contributed by atoms with Gasteiger partial charge in [0.15, 0.2) is 5.69 Å². The molecule has 0 fully saturated rings. The average Bonchev–Trinajstić information content (AvgIpc) is 2.86. The minimum atomic E-state index is -4.47. The van der Waals surface area contributed by atoms with E-state index < -0.39 is 11.9 Å². The van der Waals surface area contributed by atoms with E-state index in [0.717, 1.165) is 16.3 Å². The highest BCUT2D eigenvalue weighted by Crippen LogP contribution is 2.27. The molecule has 2 aromatic rings. The van der Waals surface area contributed by atoms with Crippen LogP contribution in [0.3, 0.4) is 0 Å². The Balaban J connectivity index is 2.12. The highest BCUT2D eigenvalue weighted by Gasteiger charge is 2.33. The number of halogens is 3. The Morgan fingerprint density at radius 3 is 2.40 bits per heavy atom. The molecule has 2 aromatic heterocycles. The fourth-order valence-electron chi connectivity index (χ4n) is 1.47. The molecule has 0 saturated heterocycles. The summed E-state index contributed by atoms with van der Waals surface area (Å²) in [5.41, 5.74) is -0.114. The second kappa shape index (κ2) is 5.58. The summed E-state index contributed by atoms with van der Waals surface area (Å²) < 4.78 is 38.3. The number of hydrogen-bond donors (Lipinski definition) is 1. The van der Waals surface area contributed by atoms with Crippen molar-refractivity contribution in [2.24, 2.45) is 0 Å². The van der Waals surface area contributed by atoms with Crippen LogP contribution >= 0.6 is 0 Å². The Morgan fingerprint density at radius 1 is 1.25 bits per heavy atom. The Labute approximate surface area is 113 Å². The summed E-state index contributed by atoms with van der Waals surface area (Å²) in [4.78, 5) is 8.01. The van der Waals surface area contributed by atoms with Crippen molar-refractivity contribution >= 4 is 0 Å². The Bertz CT molecular complexity index is 559. The van der Waals surface area contributed by atoms with E-state index in [-0.39, 0.29) is 5.95 Å². The Morgan fingerprint density at radius 2 is 1.90 bits per heavy atom. The number of nitrogens with one attached hydrogen (secondary N) is 1. The van der Waals surface area contributed by atoms with Crippen molar-refractivity contribution in [2.45, 2.75) is 32.6 Å². The quantitative estimate of drug-likeness (QED) is 0.935. The lowest BCUT2D eigenvalue weighted by molar-refractivity contribution is -0.141. The van der Waals surface area contributed by atoms with Gasteiger partial charge < -0.3 is 5.32 Å². The molecule has 5 nitrogen and oxygen atoms in total. The second-order valence-electron chi connectivity index (χ2n) is 4.57. The average molecular weight is 285 g/mol. The van der Waals surface area contributed by atoms with Crippen LogP contribution in [0.1, 0.15) is 25.1 Å². The number of nitrogens with zero attached hydrogens (tertiary/aromatic N) is 4. The van der Waals surface area contributed by atoms with E-state index in [1.165, 1.54) is 6.20 Å². The van der Waals surface area contributed by atoms with E-state index in [0.29, 0.717) is 12.6 Å². The minimum Gasteiger partial charge on any atom is -0.310 e. The molecular formula is C12H14F3N5. The standard InChI is InChI=1S/C12H14F3N5/c1-8(2)16-5-9-6-17-11(18-7-9)20-4-3-10(19-20)12(13,14)15/h3-4,6-8,16H,5H2,1-2H3. The van der Waals surface area contributed by atoms with Crippen molar-refractivity contribution in [1.29, 1.82) is 0 Å². The molecule has 108 valence electrons. The SMILES string of the molecule is CC(C)NCc1cnc(-n2ccc(C(F)(F)F)n2)nc1. The maximum absolute atomic E-state index is 12.4. The molecule has 0 unspecified atom stereocenters. The lowest BCUT2D eigenvalue weighted by atomic mass is 10.3. The third-order valence-corrected chi connectivity index (χ3v) is 2.49. The van der Waals surface area contributed by atoms with Crippen LogP contribution in [0.25, 0.3) is 5.95 Å².